The first-order valence-corrected chi connectivity index (χ1v) is 10.4. The summed E-state index contributed by atoms with van der Waals surface area (Å²) in [5.41, 5.74) is 1.86. The maximum Gasteiger partial charge on any atom is 0.407 e. The van der Waals surface area contributed by atoms with Crippen LogP contribution in [-0.4, -0.2) is 36.9 Å². The maximum atomic E-state index is 13.2. The number of methoxy groups -OCH3 is 1. The third-order valence-corrected chi connectivity index (χ3v) is 4.40. The SMILES string of the molecule is COc1ccc(CNc2nc3ccc(OCC(=CF)CNC(=O)OC(C)(C)C)cc3o2)cc1. The fraction of sp³-hybridized carbons (Fsp3) is 0.333. The molecule has 0 bridgehead atoms. The molecule has 9 heteroatoms. The number of carbonyl (C=O) groups is 1. The molecule has 33 heavy (non-hydrogen) atoms. The molecule has 2 N–H and O–H groups in total. The van der Waals surface area contributed by atoms with Crippen LogP contribution in [0.5, 0.6) is 11.5 Å². The summed E-state index contributed by atoms with van der Waals surface area (Å²) in [6.07, 6.45) is -0.217. The van der Waals surface area contributed by atoms with E-state index in [2.05, 4.69) is 15.6 Å². The van der Waals surface area contributed by atoms with E-state index in [1.807, 2.05) is 24.3 Å². The molecule has 3 rings (SSSR count). The highest BCUT2D eigenvalue weighted by Gasteiger charge is 2.16. The molecule has 2 aromatic carbocycles. The Kier molecular flexibility index (Phi) is 7.76. The number of amides is 1. The smallest absolute Gasteiger partial charge is 0.407 e. The largest absolute Gasteiger partial charge is 0.497 e. The van der Waals surface area contributed by atoms with Crippen molar-refractivity contribution in [3.63, 3.8) is 0 Å². The highest BCUT2D eigenvalue weighted by molar-refractivity contribution is 5.76. The van der Waals surface area contributed by atoms with Crippen molar-refractivity contribution in [2.45, 2.75) is 32.9 Å². The van der Waals surface area contributed by atoms with Gasteiger partial charge in [-0.2, -0.15) is 4.98 Å². The number of halogens is 1. The van der Waals surface area contributed by atoms with Gasteiger partial charge >= 0.3 is 6.09 Å². The fourth-order valence-electron chi connectivity index (χ4n) is 2.79. The zero-order valence-corrected chi connectivity index (χ0v) is 19.1. The zero-order valence-electron chi connectivity index (χ0n) is 19.1. The van der Waals surface area contributed by atoms with E-state index >= 15 is 0 Å². The molecule has 0 unspecified atom stereocenters. The van der Waals surface area contributed by atoms with Gasteiger partial charge in [-0.3, -0.25) is 0 Å². The normalized spacial score (nSPS) is 11.8. The minimum Gasteiger partial charge on any atom is -0.497 e. The Morgan fingerprint density at radius 2 is 1.88 bits per heavy atom. The van der Waals surface area contributed by atoms with E-state index in [-0.39, 0.29) is 18.7 Å². The monoisotopic (exact) mass is 457 g/mol. The number of nitrogens with zero attached hydrogens (tertiary/aromatic N) is 1. The average Bonchev–Trinajstić information content (AvgIpc) is 3.19. The van der Waals surface area contributed by atoms with Crippen molar-refractivity contribution >= 4 is 23.2 Å². The van der Waals surface area contributed by atoms with Gasteiger partial charge < -0.3 is 29.3 Å². The number of ether oxygens (including phenoxy) is 3. The lowest BCUT2D eigenvalue weighted by atomic mass is 10.2. The van der Waals surface area contributed by atoms with Gasteiger partial charge in [-0.1, -0.05) is 12.1 Å². The number of aromatic nitrogens is 1. The second-order valence-corrected chi connectivity index (χ2v) is 8.26. The van der Waals surface area contributed by atoms with Gasteiger partial charge in [-0.05, 0) is 50.6 Å². The predicted octanol–water partition coefficient (Wildman–Crippen LogP) is 5.21. The number of rotatable bonds is 9. The van der Waals surface area contributed by atoms with Crippen LogP contribution in [-0.2, 0) is 11.3 Å². The summed E-state index contributed by atoms with van der Waals surface area (Å²) in [5, 5.41) is 5.64. The van der Waals surface area contributed by atoms with Crippen molar-refractivity contribution in [2.24, 2.45) is 0 Å². The van der Waals surface area contributed by atoms with E-state index in [1.165, 1.54) is 0 Å². The highest BCUT2D eigenvalue weighted by Crippen LogP contribution is 2.24. The van der Waals surface area contributed by atoms with Crippen LogP contribution in [0.1, 0.15) is 26.3 Å². The second-order valence-electron chi connectivity index (χ2n) is 8.26. The van der Waals surface area contributed by atoms with Crippen LogP contribution in [0.3, 0.4) is 0 Å². The van der Waals surface area contributed by atoms with Gasteiger partial charge in [-0.15, -0.1) is 0 Å². The third-order valence-electron chi connectivity index (χ3n) is 4.40. The van der Waals surface area contributed by atoms with Crippen LogP contribution in [0.2, 0.25) is 0 Å². The second kappa shape index (κ2) is 10.7. The highest BCUT2D eigenvalue weighted by atomic mass is 19.1. The number of oxazole rings is 1. The number of nitrogens with one attached hydrogen (secondary N) is 2. The van der Waals surface area contributed by atoms with Gasteiger partial charge in [0.1, 0.15) is 29.2 Å². The van der Waals surface area contributed by atoms with E-state index in [0.717, 1.165) is 11.3 Å². The van der Waals surface area contributed by atoms with E-state index in [0.29, 0.717) is 35.7 Å². The predicted molar refractivity (Wildman–Crippen MR) is 123 cm³/mol. The zero-order chi connectivity index (χ0) is 23.8. The topological polar surface area (TPSA) is 94.8 Å². The van der Waals surface area contributed by atoms with Crippen molar-refractivity contribution in [2.75, 3.05) is 25.6 Å². The van der Waals surface area contributed by atoms with Gasteiger partial charge in [0.05, 0.1) is 13.4 Å². The molecule has 0 atom stereocenters. The summed E-state index contributed by atoms with van der Waals surface area (Å²) in [5.74, 6) is 1.27. The lowest BCUT2D eigenvalue weighted by Gasteiger charge is -2.20. The fourth-order valence-corrected chi connectivity index (χ4v) is 2.79. The summed E-state index contributed by atoms with van der Waals surface area (Å²) in [7, 11) is 1.62. The van der Waals surface area contributed by atoms with Gasteiger partial charge in [0.15, 0.2) is 5.58 Å². The number of anilines is 1. The number of alkyl carbamates (subject to hydrolysis) is 1. The number of carbonyl (C=O) groups excluding carboxylic acids is 1. The molecule has 0 fully saturated rings. The van der Waals surface area contributed by atoms with Crippen LogP contribution in [0.15, 0.2) is 58.8 Å². The summed E-state index contributed by atoms with van der Waals surface area (Å²) in [6, 6.07) is 13.2. The molecule has 0 aliphatic carbocycles. The van der Waals surface area contributed by atoms with E-state index < -0.39 is 11.7 Å². The number of hydrogen-bond acceptors (Lipinski definition) is 7. The van der Waals surface area contributed by atoms with E-state index in [1.54, 1.807) is 46.1 Å². The molecular weight excluding hydrogens is 429 g/mol. The van der Waals surface area contributed by atoms with Crippen molar-refractivity contribution < 1.29 is 27.8 Å². The van der Waals surface area contributed by atoms with Crippen LogP contribution in [0.25, 0.3) is 11.1 Å². The first kappa shape index (κ1) is 23.9. The number of hydrogen-bond donors (Lipinski definition) is 2. The van der Waals surface area contributed by atoms with Crippen LogP contribution in [0.4, 0.5) is 15.2 Å². The Morgan fingerprint density at radius 1 is 1.15 bits per heavy atom. The molecular formula is C24H28FN3O5. The standard InChI is InChI=1S/C24H28FN3O5/c1-24(2,3)33-23(29)27-14-17(12-25)15-31-19-9-10-20-21(11-19)32-22(28-20)26-13-16-5-7-18(30-4)8-6-16/h5-12H,13-15H2,1-4H3,(H,26,28)(H,27,29). The van der Waals surface area contributed by atoms with Crippen LogP contribution >= 0.6 is 0 Å². The third kappa shape index (κ3) is 7.41. The average molecular weight is 458 g/mol. The summed E-state index contributed by atoms with van der Waals surface area (Å²) in [6.45, 7) is 5.71. The Bertz CT molecular complexity index is 1100. The lowest BCUT2D eigenvalue weighted by molar-refractivity contribution is 0.0531. The summed E-state index contributed by atoms with van der Waals surface area (Å²) < 4.78 is 34.9. The lowest BCUT2D eigenvalue weighted by Crippen LogP contribution is -2.34. The molecule has 0 saturated carbocycles. The molecule has 0 saturated heterocycles. The first-order chi connectivity index (χ1) is 15.8. The Balaban J connectivity index is 1.53. The van der Waals surface area contributed by atoms with Crippen LogP contribution in [0, 0.1) is 0 Å². The molecule has 1 amide bonds. The molecule has 0 spiro atoms. The number of fused-ring (bicyclic) bond motifs is 1. The molecule has 176 valence electrons. The van der Waals surface area contributed by atoms with E-state index in [4.69, 9.17) is 18.6 Å². The Labute approximate surface area is 191 Å². The Morgan fingerprint density at radius 3 is 2.55 bits per heavy atom. The molecule has 0 aliphatic rings. The summed E-state index contributed by atoms with van der Waals surface area (Å²) in [4.78, 5) is 16.1. The van der Waals surface area contributed by atoms with Crippen LogP contribution < -0.4 is 20.1 Å². The molecule has 8 nitrogen and oxygen atoms in total. The molecule has 1 aromatic heterocycles. The van der Waals surface area contributed by atoms with Gasteiger partial charge in [-0.25, -0.2) is 9.18 Å². The first-order valence-electron chi connectivity index (χ1n) is 10.4. The summed E-state index contributed by atoms with van der Waals surface area (Å²) >= 11 is 0. The molecule has 0 radical (unpaired) electrons. The number of benzene rings is 2. The minimum absolute atomic E-state index is 0.0323. The van der Waals surface area contributed by atoms with Gasteiger partial charge in [0, 0.05) is 24.7 Å². The molecule has 0 aliphatic heterocycles. The Hall–Kier alpha value is -3.75. The van der Waals surface area contributed by atoms with Gasteiger partial charge in [0.25, 0.3) is 6.01 Å². The van der Waals surface area contributed by atoms with E-state index in [9.17, 15) is 9.18 Å². The van der Waals surface area contributed by atoms with Crippen molar-refractivity contribution in [1.82, 2.24) is 10.3 Å². The maximum absolute atomic E-state index is 13.2. The van der Waals surface area contributed by atoms with Crippen molar-refractivity contribution in [1.29, 1.82) is 0 Å². The molecule has 1 heterocycles. The van der Waals surface area contributed by atoms with Gasteiger partial charge in [0.2, 0.25) is 0 Å². The van der Waals surface area contributed by atoms with Crippen molar-refractivity contribution in [3.05, 3.63) is 59.9 Å². The minimum atomic E-state index is -0.630. The quantitative estimate of drug-likeness (QED) is 0.456. The van der Waals surface area contributed by atoms with Crippen molar-refractivity contribution in [3.8, 4) is 11.5 Å². The molecule has 3 aromatic rings.